The Kier molecular flexibility index (Phi) is 3.89. The molecule has 0 spiro atoms. The monoisotopic (exact) mass is 283 g/mol. The van der Waals surface area contributed by atoms with E-state index in [4.69, 9.17) is 11.6 Å². The standard InChI is InChI=1S/C14H19ClFN3/c15-10-8-11(16)14(18-9-10)19-7-2-1-5-13(19)12-4-3-6-17-12/h8-9,12-13,17H,1-7H2. The lowest BCUT2D eigenvalue weighted by Crippen LogP contribution is -2.51. The summed E-state index contributed by atoms with van der Waals surface area (Å²) in [4.78, 5) is 6.35. The molecule has 2 aliphatic heterocycles. The molecule has 19 heavy (non-hydrogen) atoms. The van der Waals surface area contributed by atoms with Crippen molar-refractivity contribution in [3.8, 4) is 0 Å². The fraction of sp³-hybridized carbons (Fsp3) is 0.643. The second-order valence-electron chi connectivity index (χ2n) is 5.42. The summed E-state index contributed by atoms with van der Waals surface area (Å²) in [7, 11) is 0. The van der Waals surface area contributed by atoms with E-state index in [1.54, 1.807) is 0 Å². The summed E-state index contributed by atoms with van der Waals surface area (Å²) in [6.07, 6.45) is 7.36. The number of hydrogen-bond donors (Lipinski definition) is 1. The number of aromatic nitrogens is 1. The molecule has 3 nitrogen and oxygen atoms in total. The Hall–Kier alpha value is -0.870. The van der Waals surface area contributed by atoms with Gasteiger partial charge in [0.05, 0.1) is 5.02 Å². The van der Waals surface area contributed by atoms with Gasteiger partial charge in [-0.3, -0.25) is 0 Å². The van der Waals surface area contributed by atoms with E-state index >= 15 is 0 Å². The van der Waals surface area contributed by atoms with Crippen LogP contribution in [0.15, 0.2) is 12.3 Å². The maximum absolute atomic E-state index is 14.1. The molecule has 1 N–H and O–H groups in total. The number of hydrogen-bond acceptors (Lipinski definition) is 3. The van der Waals surface area contributed by atoms with E-state index < -0.39 is 0 Å². The molecule has 3 rings (SSSR count). The highest BCUT2D eigenvalue weighted by Gasteiger charge is 2.33. The Morgan fingerprint density at radius 2 is 2.21 bits per heavy atom. The number of nitrogens with zero attached hydrogens (tertiary/aromatic N) is 2. The molecule has 2 unspecified atom stereocenters. The average molecular weight is 284 g/mol. The van der Waals surface area contributed by atoms with Crippen molar-refractivity contribution in [3.05, 3.63) is 23.1 Å². The molecule has 0 aliphatic carbocycles. The molecule has 2 aliphatic rings. The third-order valence-electron chi connectivity index (χ3n) is 4.17. The molecule has 0 radical (unpaired) electrons. The number of halogens is 2. The van der Waals surface area contributed by atoms with E-state index in [2.05, 4.69) is 15.2 Å². The van der Waals surface area contributed by atoms with Crippen LogP contribution in [0.5, 0.6) is 0 Å². The van der Waals surface area contributed by atoms with Crippen LogP contribution in [0.4, 0.5) is 10.2 Å². The number of rotatable bonds is 2. The zero-order chi connectivity index (χ0) is 13.2. The summed E-state index contributed by atoms with van der Waals surface area (Å²) in [5, 5.41) is 3.89. The van der Waals surface area contributed by atoms with Crippen LogP contribution in [0.2, 0.25) is 5.02 Å². The lowest BCUT2D eigenvalue weighted by molar-refractivity contribution is 0.372. The maximum atomic E-state index is 14.1. The SMILES string of the molecule is Fc1cc(Cl)cnc1N1CCCCC1C1CCCN1. The Labute approximate surface area is 118 Å². The van der Waals surface area contributed by atoms with Crippen LogP contribution < -0.4 is 10.2 Å². The topological polar surface area (TPSA) is 28.2 Å². The summed E-state index contributed by atoms with van der Waals surface area (Å²) >= 11 is 5.79. The molecule has 0 amide bonds. The second kappa shape index (κ2) is 5.63. The maximum Gasteiger partial charge on any atom is 0.167 e. The van der Waals surface area contributed by atoms with Gasteiger partial charge in [0, 0.05) is 24.8 Å². The molecule has 5 heteroatoms. The normalized spacial score (nSPS) is 27.8. The van der Waals surface area contributed by atoms with Crippen molar-refractivity contribution in [2.24, 2.45) is 0 Å². The number of piperidine rings is 1. The molecule has 3 heterocycles. The van der Waals surface area contributed by atoms with Crippen LogP contribution in [0.3, 0.4) is 0 Å². The predicted octanol–water partition coefficient (Wildman–Crippen LogP) is 2.99. The predicted molar refractivity (Wildman–Crippen MR) is 75.2 cm³/mol. The van der Waals surface area contributed by atoms with Gasteiger partial charge in [-0.2, -0.15) is 0 Å². The molecule has 1 aromatic rings. The van der Waals surface area contributed by atoms with Gasteiger partial charge >= 0.3 is 0 Å². The van der Waals surface area contributed by atoms with Crippen molar-refractivity contribution in [3.63, 3.8) is 0 Å². The van der Waals surface area contributed by atoms with Gasteiger partial charge in [-0.05, 0) is 44.7 Å². The van der Waals surface area contributed by atoms with Crippen molar-refractivity contribution in [2.45, 2.75) is 44.2 Å². The first-order chi connectivity index (χ1) is 9.25. The summed E-state index contributed by atoms with van der Waals surface area (Å²) in [5.74, 6) is 0.153. The molecule has 0 saturated carbocycles. The van der Waals surface area contributed by atoms with E-state index in [1.165, 1.54) is 31.5 Å². The highest BCUT2D eigenvalue weighted by molar-refractivity contribution is 6.30. The molecule has 104 valence electrons. The summed E-state index contributed by atoms with van der Waals surface area (Å²) in [6.45, 7) is 1.96. The van der Waals surface area contributed by atoms with Crippen LogP contribution >= 0.6 is 11.6 Å². The molecular formula is C14H19ClFN3. The van der Waals surface area contributed by atoms with Gasteiger partial charge in [0.2, 0.25) is 0 Å². The quantitative estimate of drug-likeness (QED) is 0.904. The van der Waals surface area contributed by atoms with Gasteiger partial charge in [-0.1, -0.05) is 11.6 Å². The minimum absolute atomic E-state index is 0.308. The summed E-state index contributed by atoms with van der Waals surface area (Å²) in [5.41, 5.74) is 0. The number of nitrogens with one attached hydrogen (secondary N) is 1. The van der Waals surface area contributed by atoms with Crippen LogP contribution in [0.1, 0.15) is 32.1 Å². The minimum Gasteiger partial charge on any atom is -0.350 e. The van der Waals surface area contributed by atoms with Crippen molar-refractivity contribution >= 4 is 17.4 Å². The van der Waals surface area contributed by atoms with E-state index in [9.17, 15) is 4.39 Å². The molecule has 2 fully saturated rings. The lowest BCUT2D eigenvalue weighted by Gasteiger charge is -2.40. The van der Waals surface area contributed by atoms with E-state index in [0.717, 1.165) is 25.9 Å². The van der Waals surface area contributed by atoms with E-state index in [0.29, 0.717) is 22.9 Å². The lowest BCUT2D eigenvalue weighted by atomic mass is 9.94. The molecule has 0 aromatic carbocycles. The largest absolute Gasteiger partial charge is 0.350 e. The Bertz CT molecular complexity index is 448. The number of pyridine rings is 1. The van der Waals surface area contributed by atoms with Crippen LogP contribution in [-0.2, 0) is 0 Å². The van der Waals surface area contributed by atoms with Gasteiger partial charge in [-0.15, -0.1) is 0 Å². The van der Waals surface area contributed by atoms with Gasteiger partial charge in [0.1, 0.15) is 0 Å². The second-order valence-corrected chi connectivity index (χ2v) is 5.85. The Balaban J connectivity index is 1.86. The van der Waals surface area contributed by atoms with Gasteiger partial charge in [0.15, 0.2) is 11.6 Å². The Morgan fingerprint density at radius 1 is 1.32 bits per heavy atom. The number of anilines is 1. The van der Waals surface area contributed by atoms with Gasteiger partial charge < -0.3 is 10.2 Å². The third-order valence-corrected chi connectivity index (χ3v) is 4.38. The highest BCUT2D eigenvalue weighted by atomic mass is 35.5. The summed E-state index contributed by atoms with van der Waals surface area (Å²) < 4.78 is 14.1. The molecule has 2 saturated heterocycles. The third kappa shape index (κ3) is 2.70. The van der Waals surface area contributed by atoms with Crippen LogP contribution in [-0.4, -0.2) is 30.2 Å². The van der Waals surface area contributed by atoms with Crippen LogP contribution in [0, 0.1) is 5.82 Å². The zero-order valence-electron chi connectivity index (χ0n) is 10.9. The molecule has 2 atom stereocenters. The van der Waals surface area contributed by atoms with Crippen LogP contribution in [0.25, 0.3) is 0 Å². The summed E-state index contributed by atoms with van der Waals surface area (Å²) in [6, 6.07) is 2.19. The minimum atomic E-state index is -0.308. The molecule has 1 aromatic heterocycles. The molecule has 0 bridgehead atoms. The van der Waals surface area contributed by atoms with E-state index in [-0.39, 0.29) is 5.82 Å². The smallest absolute Gasteiger partial charge is 0.167 e. The van der Waals surface area contributed by atoms with Gasteiger partial charge in [0.25, 0.3) is 0 Å². The van der Waals surface area contributed by atoms with E-state index in [1.807, 2.05) is 0 Å². The first-order valence-electron chi connectivity index (χ1n) is 7.07. The zero-order valence-corrected chi connectivity index (χ0v) is 11.7. The first-order valence-corrected chi connectivity index (χ1v) is 7.44. The van der Waals surface area contributed by atoms with Crippen molar-refractivity contribution in [1.29, 1.82) is 0 Å². The molecular weight excluding hydrogens is 265 g/mol. The van der Waals surface area contributed by atoms with Gasteiger partial charge in [-0.25, -0.2) is 9.37 Å². The fourth-order valence-electron chi connectivity index (χ4n) is 3.30. The van der Waals surface area contributed by atoms with Crippen molar-refractivity contribution in [1.82, 2.24) is 10.3 Å². The van der Waals surface area contributed by atoms with Crippen molar-refractivity contribution in [2.75, 3.05) is 18.0 Å². The average Bonchev–Trinajstić information content (AvgIpc) is 2.93. The Morgan fingerprint density at radius 3 is 2.95 bits per heavy atom. The first kappa shape index (κ1) is 13.1. The van der Waals surface area contributed by atoms with Crippen molar-refractivity contribution < 1.29 is 4.39 Å². The highest BCUT2D eigenvalue weighted by Crippen LogP contribution is 2.30. The fourth-order valence-corrected chi connectivity index (χ4v) is 3.44.